The SMILES string of the molecule is O=C(O)Cc1c(Br)[nH]c2c(F)cccc12. The van der Waals surface area contributed by atoms with Gasteiger partial charge in [0.1, 0.15) is 5.82 Å². The Morgan fingerprint density at radius 3 is 2.93 bits per heavy atom. The molecule has 78 valence electrons. The van der Waals surface area contributed by atoms with Gasteiger partial charge in [0.25, 0.3) is 0 Å². The summed E-state index contributed by atoms with van der Waals surface area (Å²) in [4.78, 5) is 13.4. The van der Waals surface area contributed by atoms with Crippen LogP contribution in [0.1, 0.15) is 5.56 Å². The average Bonchev–Trinajstić information content (AvgIpc) is 2.45. The average molecular weight is 272 g/mol. The van der Waals surface area contributed by atoms with Crippen molar-refractivity contribution in [2.45, 2.75) is 6.42 Å². The summed E-state index contributed by atoms with van der Waals surface area (Å²) >= 11 is 3.19. The standard InChI is InChI=1S/C10H7BrFNO2/c11-10-6(4-8(14)15)5-2-1-3-7(12)9(5)13-10/h1-3,13H,4H2,(H,14,15). The molecule has 0 aliphatic heterocycles. The van der Waals surface area contributed by atoms with Gasteiger partial charge in [-0.1, -0.05) is 12.1 Å². The summed E-state index contributed by atoms with van der Waals surface area (Å²) in [7, 11) is 0. The number of carboxylic acids is 1. The van der Waals surface area contributed by atoms with Crippen molar-refractivity contribution in [3.05, 3.63) is 34.2 Å². The number of aromatic amines is 1. The van der Waals surface area contributed by atoms with Crippen LogP contribution in [0.25, 0.3) is 10.9 Å². The Morgan fingerprint density at radius 1 is 1.53 bits per heavy atom. The number of H-pyrrole nitrogens is 1. The molecule has 15 heavy (non-hydrogen) atoms. The Morgan fingerprint density at radius 2 is 2.27 bits per heavy atom. The van der Waals surface area contributed by atoms with E-state index < -0.39 is 5.97 Å². The van der Waals surface area contributed by atoms with E-state index in [0.717, 1.165) is 0 Å². The van der Waals surface area contributed by atoms with Gasteiger partial charge in [-0.2, -0.15) is 0 Å². The second-order valence-corrected chi connectivity index (χ2v) is 3.94. The van der Waals surface area contributed by atoms with E-state index in [-0.39, 0.29) is 12.2 Å². The maximum absolute atomic E-state index is 13.3. The molecule has 1 heterocycles. The summed E-state index contributed by atoms with van der Waals surface area (Å²) in [5.41, 5.74) is 0.901. The summed E-state index contributed by atoms with van der Waals surface area (Å²) in [5, 5.41) is 9.31. The van der Waals surface area contributed by atoms with Crippen molar-refractivity contribution in [3.8, 4) is 0 Å². The number of halogens is 2. The minimum absolute atomic E-state index is 0.135. The van der Waals surface area contributed by atoms with E-state index in [1.807, 2.05) is 0 Å². The van der Waals surface area contributed by atoms with Crippen molar-refractivity contribution in [3.63, 3.8) is 0 Å². The number of hydrogen-bond acceptors (Lipinski definition) is 1. The third-order valence-electron chi connectivity index (χ3n) is 2.17. The van der Waals surface area contributed by atoms with Crippen LogP contribution in [0, 0.1) is 5.82 Å². The number of fused-ring (bicyclic) bond motifs is 1. The van der Waals surface area contributed by atoms with Gasteiger partial charge in [-0.05, 0) is 22.0 Å². The number of carboxylic acid groups (broad SMARTS) is 1. The van der Waals surface area contributed by atoms with Gasteiger partial charge in [0, 0.05) is 10.9 Å². The quantitative estimate of drug-likeness (QED) is 0.883. The van der Waals surface area contributed by atoms with Gasteiger partial charge in [-0.15, -0.1) is 0 Å². The predicted molar refractivity (Wildman–Crippen MR) is 57.3 cm³/mol. The van der Waals surface area contributed by atoms with Crippen molar-refractivity contribution in [1.82, 2.24) is 4.98 Å². The van der Waals surface area contributed by atoms with Crippen LogP contribution in [0.3, 0.4) is 0 Å². The number of para-hydroxylation sites is 1. The summed E-state index contributed by atoms with van der Waals surface area (Å²) in [6.45, 7) is 0. The van der Waals surface area contributed by atoms with Gasteiger partial charge in [0.05, 0.1) is 16.5 Å². The van der Waals surface area contributed by atoms with Crippen molar-refractivity contribution in [1.29, 1.82) is 0 Å². The fourth-order valence-electron chi connectivity index (χ4n) is 1.53. The van der Waals surface area contributed by atoms with Crippen molar-refractivity contribution in [2.75, 3.05) is 0 Å². The fraction of sp³-hybridized carbons (Fsp3) is 0.100. The minimum atomic E-state index is -0.944. The summed E-state index contributed by atoms with van der Waals surface area (Å²) in [6.07, 6.45) is -0.135. The zero-order chi connectivity index (χ0) is 11.0. The molecule has 0 aliphatic carbocycles. The van der Waals surface area contributed by atoms with E-state index in [0.29, 0.717) is 21.1 Å². The lowest BCUT2D eigenvalue weighted by molar-refractivity contribution is -0.136. The molecule has 5 heteroatoms. The van der Waals surface area contributed by atoms with Gasteiger partial charge in [-0.3, -0.25) is 4.79 Å². The fourth-order valence-corrected chi connectivity index (χ4v) is 2.08. The molecule has 0 amide bonds. The minimum Gasteiger partial charge on any atom is -0.481 e. The van der Waals surface area contributed by atoms with Crippen molar-refractivity contribution >= 4 is 32.8 Å². The first-order chi connectivity index (χ1) is 7.09. The molecular formula is C10H7BrFNO2. The maximum Gasteiger partial charge on any atom is 0.307 e. The van der Waals surface area contributed by atoms with E-state index in [1.54, 1.807) is 12.1 Å². The maximum atomic E-state index is 13.3. The first kappa shape index (κ1) is 10.2. The molecule has 1 aromatic carbocycles. The van der Waals surface area contributed by atoms with Crippen LogP contribution in [0.15, 0.2) is 22.8 Å². The van der Waals surface area contributed by atoms with Crippen LogP contribution in [-0.4, -0.2) is 16.1 Å². The second kappa shape index (κ2) is 3.66. The third-order valence-corrected chi connectivity index (χ3v) is 2.84. The molecule has 0 spiro atoms. The number of nitrogens with one attached hydrogen (secondary N) is 1. The van der Waals surface area contributed by atoms with E-state index in [9.17, 15) is 9.18 Å². The van der Waals surface area contributed by atoms with E-state index >= 15 is 0 Å². The lowest BCUT2D eigenvalue weighted by Crippen LogP contribution is -1.99. The predicted octanol–water partition coefficient (Wildman–Crippen LogP) is 2.70. The first-order valence-corrected chi connectivity index (χ1v) is 5.05. The zero-order valence-corrected chi connectivity index (χ0v) is 9.14. The smallest absolute Gasteiger partial charge is 0.307 e. The molecule has 0 fully saturated rings. The third kappa shape index (κ3) is 1.74. The monoisotopic (exact) mass is 271 g/mol. The van der Waals surface area contributed by atoms with Gasteiger partial charge in [0.2, 0.25) is 0 Å². The lowest BCUT2D eigenvalue weighted by atomic mass is 10.1. The van der Waals surface area contributed by atoms with Gasteiger partial charge in [-0.25, -0.2) is 4.39 Å². The topological polar surface area (TPSA) is 53.1 Å². The zero-order valence-electron chi connectivity index (χ0n) is 7.55. The molecular weight excluding hydrogens is 265 g/mol. The van der Waals surface area contributed by atoms with E-state index in [2.05, 4.69) is 20.9 Å². The van der Waals surface area contributed by atoms with E-state index in [1.165, 1.54) is 6.07 Å². The van der Waals surface area contributed by atoms with Gasteiger partial charge in [0.15, 0.2) is 0 Å². The number of aliphatic carboxylic acids is 1. The Balaban J connectivity index is 2.68. The van der Waals surface area contributed by atoms with Crippen LogP contribution in [0.5, 0.6) is 0 Å². The highest BCUT2D eigenvalue weighted by atomic mass is 79.9. The number of hydrogen-bond donors (Lipinski definition) is 2. The molecule has 0 radical (unpaired) electrons. The molecule has 1 aromatic heterocycles. The van der Waals surface area contributed by atoms with Crippen LogP contribution in [0.4, 0.5) is 4.39 Å². The summed E-state index contributed by atoms with van der Waals surface area (Å²) < 4.78 is 13.8. The summed E-state index contributed by atoms with van der Waals surface area (Å²) in [6, 6.07) is 4.58. The van der Waals surface area contributed by atoms with Crippen LogP contribution in [-0.2, 0) is 11.2 Å². The Kier molecular flexibility index (Phi) is 2.48. The highest BCUT2D eigenvalue weighted by Crippen LogP contribution is 2.28. The van der Waals surface area contributed by atoms with Crippen LogP contribution >= 0.6 is 15.9 Å². The largest absolute Gasteiger partial charge is 0.481 e. The molecule has 0 aliphatic rings. The molecule has 2 aromatic rings. The van der Waals surface area contributed by atoms with Crippen LogP contribution in [0.2, 0.25) is 0 Å². The van der Waals surface area contributed by atoms with Gasteiger partial charge < -0.3 is 10.1 Å². The Labute approximate surface area is 93.0 Å². The molecule has 0 saturated heterocycles. The summed E-state index contributed by atoms with van der Waals surface area (Å²) in [5.74, 6) is -1.33. The molecule has 2 N–H and O–H groups in total. The molecule has 2 rings (SSSR count). The highest BCUT2D eigenvalue weighted by Gasteiger charge is 2.14. The molecule has 0 unspecified atom stereocenters. The Hall–Kier alpha value is -1.36. The van der Waals surface area contributed by atoms with E-state index in [4.69, 9.17) is 5.11 Å². The Bertz CT molecular complexity index is 535. The molecule has 0 atom stereocenters. The number of aromatic nitrogens is 1. The van der Waals surface area contributed by atoms with Gasteiger partial charge >= 0.3 is 5.97 Å². The number of benzene rings is 1. The number of carbonyl (C=O) groups is 1. The molecule has 0 saturated carbocycles. The van der Waals surface area contributed by atoms with Crippen LogP contribution < -0.4 is 0 Å². The second-order valence-electron chi connectivity index (χ2n) is 3.15. The first-order valence-electron chi connectivity index (χ1n) is 4.26. The highest BCUT2D eigenvalue weighted by molar-refractivity contribution is 9.10. The number of rotatable bonds is 2. The molecule has 3 nitrogen and oxygen atoms in total. The van der Waals surface area contributed by atoms with Crippen molar-refractivity contribution in [2.24, 2.45) is 0 Å². The normalized spacial score (nSPS) is 10.8. The lowest BCUT2D eigenvalue weighted by Gasteiger charge is -1.95. The van der Waals surface area contributed by atoms with Crippen molar-refractivity contribution < 1.29 is 14.3 Å². The molecule has 0 bridgehead atoms.